The van der Waals surface area contributed by atoms with Gasteiger partial charge in [0.2, 0.25) is 5.91 Å². The molecule has 1 aromatic heterocycles. The fourth-order valence-corrected chi connectivity index (χ4v) is 6.63. The molecular weight excluding hydrogens is 650 g/mol. The molecule has 2 aromatic carbocycles. The number of nitrogens with one attached hydrogen (secondary N) is 3. The summed E-state index contributed by atoms with van der Waals surface area (Å²) in [5.41, 5.74) is 0.348. The number of imide groups is 1. The average Bonchev–Trinajstić information content (AvgIpc) is 3.32. The van der Waals surface area contributed by atoms with Gasteiger partial charge in [0, 0.05) is 45.6 Å². The molecule has 1 saturated heterocycles. The highest BCUT2D eigenvalue weighted by Gasteiger charge is 2.41. The van der Waals surface area contributed by atoms with Gasteiger partial charge in [-0.25, -0.2) is 0 Å². The van der Waals surface area contributed by atoms with Crippen molar-refractivity contribution in [2.45, 2.75) is 37.4 Å². The van der Waals surface area contributed by atoms with Crippen LogP contribution in [0.1, 0.15) is 35.4 Å². The predicted molar refractivity (Wildman–Crippen MR) is 163 cm³/mol. The van der Waals surface area contributed by atoms with Gasteiger partial charge in [-0.15, -0.1) is 11.3 Å². The molecule has 7 nitrogen and oxygen atoms in total. The monoisotopic (exact) mass is 677 g/mol. The Morgan fingerprint density at radius 2 is 1.72 bits per heavy atom. The lowest BCUT2D eigenvalue weighted by molar-refractivity contribution is -0.137. The van der Waals surface area contributed by atoms with Crippen molar-refractivity contribution in [2.24, 2.45) is 0 Å². The summed E-state index contributed by atoms with van der Waals surface area (Å²) in [5.74, 6) is -1.34. The highest BCUT2D eigenvalue weighted by atomic mass is 35.5. The average molecular weight is 679 g/mol. The number of hydrogen-bond acceptors (Lipinski definition) is 7. The molecule has 0 aliphatic carbocycles. The molecule has 0 saturated carbocycles. The van der Waals surface area contributed by atoms with E-state index in [0.29, 0.717) is 49.7 Å². The molecule has 43 heavy (non-hydrogen) atoms. The van der Waals surface area contributed by atoms with Crippen LogP contribution in [-0.2, 0) is 4.79 Å². The molecule has 0 radical (unpaired) electrons. The Labute approximate surface area is 265 Å². The zero-order valence-electron chi connectivity index (χ0n) is 22.8. The van der Waals surface area contributed by atoms with Crippen LogP contribution in [0.2, 0.25) is 15.1 Å². The van der Waals surface area contributed by atoms with Gasteiger partial charge in [0.1, 0.15) is 10.4 Å². The van der Waals surface area contributed by atoms with E-state index in [4.69, 9.17) is 39.5 Å². The van der Waals surface area contributed by atoms with Gasteiger partial charge < -0.3 is 20.5 Å². The van der Waals surface area contributed by atoms with E-state index in [0.717, 1.165) is 11.3 Å². The van der Waals surface area contributed by atoms with Gasteiger partial charge >= 0.3 is 6.18 Å². The summed E-state index contributed by atoms with van der Waals surface area (Å²) in [5, 5.41) is 18.9. The van der Waals surface area contributed by atoms with Gasteiger partial charge in [-0.1, -0.05) is 53.0 Å². The molecule has 2 heterocycles. The van der Waals surface area contributed by atoms with Gasteiger partial charge in [0.15, 0.2) is 5.75 Å². The number of amides is 2. The van der Waals surface area contributed by atoms with Crippen molar-refractivity contribution in [1.29, 1.82) is 0 Å². The molecule has 1 aliphatic rings. The molecule has 0 atom stereocenters. The van der Waals surface area contributed by atoms with Crippen LogP contribution in [0.25, 0.3) is 21.6 Å². The molecule has 0 unspecified atom stereocenters. The number of hydrogen-bond donors (Lipinski definition) is 4. The summed E-state index contributed by atoms with van der Waals surface area (Å²) in [6, 6.07) is 11.8. The largest absolute Gasteiger partial charge is 0.491 e. The Morgan fingerprint density at radius 1 is 1.05 bits per heavy atom. The number of thiophene rings is 1. The van der Waals surface area contributed by atoms with Crippen molar-refractivity contribution < 1.29 is 32.6 Å². The minimum absolute atomic E-state index is 0.0524. The predicted octanol–water partition coefficient (Wildman–Crippen LogP) is 6.72. The van der Waals surface area contributed by atoms with E-state index in [2.05, 4.69) is 16.0 Å². The number of benzene rings is 2. The maximum atomic E-state index is 13.8. The fraction of sp³-hybridized carbons (Fsp3) is 0.379. The van der Waals surface area contributed by atoms with Gasteiger partial charge in [-0.2, -0.15) is 13.2 Å². The van der Waals surface area contributed by atoms with Crippen molar-refractivity contribution >= 4 is 58.0 Å². The van der Waals surface area contributed by atoms with E-state index in [1.54, 1.807) is 42.5 Å². The van der Waals surface area contributed by atoms with Crippen LogP contribution in [0.5, 0.6) is 5.75 Å². The first-order valence-electron chi connectivity index (χ1n) is 13.4. The number of halogens is 6. The highest BCUT2D eigenvalue weighted by Crippen LogP contribution is 2.50. The van der Waals surface area contributed by atoms with Crippen molar-refractivity contribution in [2.75, 3.05) is 32.8 Å². The van der Waals surface area contributed by atoms with Crippen LogP contribution in [-0.4, -0.2) is 61.5 Å². The quantitative estimate of drug-likeness (QED) is 0.133. The number of aliphatic hydroxyl groups excluding tert-OH is 1. The molecule has 14 heteroatoms. The zero-order chi connectivity index (χ0) is 31.2. The smallest absolute Gasteiger partial charge is 0.390 e. The lowest BCUT2D eigenvalue weighted by Gasteiger charge is -2.37. The van der Waals surface area contributed by atoms with Gasteiger partial charge in [-0.3, -0.25) is 14.9 Å². The van der Waals surface area contributed by atoms with E-state index in [1.165, 1.54) is 0 Å². The topological polar surface area (TPSA) is 99.7 Å². The Hall–Kier alpha value is -2.38. The minimum atomic E-state index is -4.40. The molecule has 3 aromatic rings. The molecule has 0 bridgehead atoms. The number of piperidine rings is 1. The van der Waals surface area contributed by atoms with Crippen LogP contribution in [0.15, 0.2) is 42.5 Å². The molecule has 4 N–H and O–H groups in total. The van der Waals surface area contributed by atoms with E-state index >= 15 is 0 Å². The maximum Gasteiger partial charge on any atom is 0.390 e. The van der Waals surface area contributed by atoms with Crippen molar-refractivity contribution in [1.82, 2.24) is 16.0 Å². The lowest BCUT2D eigenvalue weighted by atomic mass is 9.87. The van der Waals surface area contributed by atoms with Crippen molar-refractivity contribution in [3.8, 4) is 27.3 Å². The summed E-state index contributed by atoms with van der Waals surface area (Å²) >= 11 is 19.9. The Morgan fingerprint density at radius 3 is 2.35 bits per heavy atom. The number of aliphatic hydroxyl groups is 1. The Bertz CT molecular complexity index is 1450. The third kappa shape index (κ3) is 8.42. The standard InChI is InChI=1S/C29H29Cl3F3N3O4S/c30-18-4-2-17(3-5-18)22-23(42-15-1-14-39)25(43-24(22)20-7-6-19(31)16-21(20)32)26(40)38-27(41)28(8-11-36-12-9-28)37-13-10-29(33,34)35/h2-7,16,36-37,39H,1,8-15H2,(H,38,40,41). The number of ether oxygens (including phenoxy) is 1. The van der Waals surface area contributed by atoms with Gasteiger partial charge in [0.05, 0.1) is 18.1 Å². The molecule has 1 aliphatic heterocycles. The van der Waals surface area contributed by atoms with E-state index in [-0.39, 0.29) is 43.1 Å². The summed E-state index contributed by atoms with van der Waals surface area (Å²) in [4.78, 5) is 28.0. The molecule has 232 valence electrons. The van der Waals surface area contributed by atoms with E-state index in [1.807, 2.05) is 0 Å². The molecule has 4 rings (SSSR count). The summed E-state index contributed by atoms with van der Waals surface area (Å²) in [6.07, 6.45) is -4.87. The Balaban J connectivity index is 1.76. The van der Waals surface area contributed by atoms with Crippen LogP contribution in [0, 0.1) is 0 Å². The van der Waals surface area contributed by atoms with Gasteiger partial charge in [-0.05, 0) is 55.8 Å². The van der Waals surface area contributed by atoms with E-state index in [9.17, 15) is 27.9 Å². The number of carbonyl (C=O) groups is 2. The molecule has 2 amide bonds. The third-order valence-corrected chi connectivity index (χ3v) is 8.92. The third-order valence-electron chi connectivity index (χ3n) is 6.92. The molecule has 1 fully saturated rings. The molecule has 0 spiro atoms. The number of rotatable bonds is 11. The zero-order valence-corrected chi connectivity index (χ0v) is 25.8. The van der Waals surface area contributed by atoms with Gasteiger partial charge in [0.25, 0.3) is 5.91 Å². The normalized spacial score (nSPS) is 14.9. The second-order valence-electron chi connectivity index (χ2n) is 9.93. The second kappa shape index (κ2) is 14.6. The summed E-state index contributed by atoms with van der Waals surface area (Å²) < 4.78 is 44.7. The van der Waals surface area contributed by atoms with Crippen LogP contribution >= 0.6 is 46.1 Å². The first kappa shape index (κ1) is 33.5. The SMILES string of the molecule is O=C(NC(=O)C1(NCCC(F)(F)F)CCNCC1)c1sc(-c2ccc(Cl)cc2Cl)c(-c2ccc(Cl)cc2)c1OCCCO. The number of alkyl halides is 3. The van der Waals surface area contributed by atoms with Crippen molar-refractivity contribution in [3.05, 3.63) is 62.4 Å². The Kier molecular flexibility index (Phi) is 11.4. The number of carbonyl (C=O) groups excluding carboxylic acids is 2. The van der Waals surface area contributed by atoms with Crippen LogP contribution in [0.4, 0.5) is 13.2 Å². The summed E-state index contributed by atoms with van der Waals surface area (Å²) in [6.45, 7) is 0.199. The first-order chi connectivity index (χ1) is 20.4. The summed E-state index contributed by atoms with van der Waals surface area (Å²) in [7, 11) is 0. The lowest BCUT2D eigenvalue weighted by Crippen LogP contribution is -2.62. The minimum Gasteiger partial charge on any atom is -0.491 e. The molecular formula is C29H29Cl3F3N3O4S. The highest BCUT2D eigenvalue weighted by molar-refractivity contribution is 7.18. The van der Waals surface area contributed by atoms with Crippen molar-refractivity contribution in [3.63, 3.8) is 0 Å². The van der Waals surface area contributed by atoms with Crippen LogP contribution < -0.4 is 20.7 Å². The van der Waals surface area contributed by atoms with Crippen LogP contribution in [0.3, 0.4) is 0 Å². The first-order valence-corrected chi connectivity index (χ1v) is 15.4. The van der Waals surface area contributed by atoms with E-state index < -0.39 is 36.5 Å². The maximum absolute atomic E-state index is 13.8. The fourth-order valence-electron chi connectivity index (χ4n) is 4.74. The second-order valence-corrected chi connectivity index (χ2v) is 12.2.